The zero-order chi connectivity index (χ0) is 32.7. The molecule has 2 atom stereocenters. The average molecular weight is 622 g/mol. The van der Waals surface area contributed by atoms with E-state index in [1.54, 1.807) is 18.2 Å². The van der Waals surface area contributed by atoms with E-state index < -0.39 is 48.4 Å². The van der Waals surface area contributed by atoms with Crippen molar-refractivity contribution in [3.8, 4) is 0 Å². The molecule has 11 nitrogen and oxygen atoms in total. The Hall–Kier alpha value is -3.24. The Bertz CT molecular complexity index is 1270. The van der Waals surface area contributed by atoms with Crippen LogP contribution in [0, 0.1) is 0 Å². The first-order valence-electron chi connectivity index (χ1n) is 14.6. The van der Waals surface area contributed by atoms with Gasteiger partial charge in [-0.25, -0.2) is 0 Å². The van der Waals surface area contributed by atoms with Crippen LogP contribution in [0.15, 0.2) is 41.5 Å². The number of benzene rings is 1. The fourth-order valence-electron chi connectivity index (χ4n) is 5.24. The summed E-state index contributed by atoms with van der Waals surface area (Å²) in [7, 11) is -1.20. The number of hydrogen-bond donors (Lipinski definition) is 6. The Morgan fingerprint density at radius 2 is 1.80 bits per heavy atom. The van der Waals surface area contributed by atoms with Gasteiger partial charge in [-0.2, -0.15) is 13.2 Å². The lowest BCUT2D eigenvalue weighted by atomic mass is 9.70. The maximum Gasteiger partial charge on any atom is 0.491 e. The molecule has 0 unspecified atom stereocenters. The molecule has 0 saturated carbocycles. The van der Waals surface area contributed by atoms with E-state index >= 15 is 0 Å². The number of amides is 3. The van der Waals surface area contributed by atoms with Gasteiger partial charge in [0, 0.05) is 43.9 Å². The molecule has 9 N–H and O–H groups in total. The summed E-state index contributed by atoms with van der Waals surface area (Å²) in [5, 5.41) is 15.8. The molecule has 0 spiro atoms. The van der Waals surface area contributed by atoms with Gasteiger partial charge in [-0.1, -0.05) is 23.8 Å². The number of halogens is 3. The second kappa shape index (κ2) is 15.2. The zero-order valence-electron chi connectivity index (χ0n) is 25.1. The maximum absolute atomic E-state index is 13.5. The number of anilines is 1. The van der Waals surface area contributed by atoms with Crippen molar-refractivity contribution >= 4 is 36.0 Å². The van der Waals surface area contributed by atoms with E-state index in [1.807, 2.05) is 13.8 Å². The van der Waals surface area contributed by atoms with Crippen molar-refractivity contribution in [2.45, 2.75) is 76.2 Å². The van der Waals surface area contributed by atoms with Crippen molar-refractivity contribution in [1.82, 2.24) is 10.2 Å². The number of carbonyl (C=O) groups excluding carboxylic acids is 3. The van der Waals surface area contributed by atoms with Crippen molar-refractivity contribution in [2.24, 2.45) is 17.2 Å². The van der Waals surface area contributed by atoms with Gasteiger partial charge in [0.25, 0.3) is 0 Å². The molecule has 2 aliphatic rings. The topological polar surface area (TPSA) is 186 Å². The fourth-order valence-corrected chi connectivity index (χ4v) is 5.24. The Morgan fingerprint density at radius 1 is 1.11 bits per heavy atom. The zero-order valence-corrected chi connectivity index (χ0v) is 25.1. The standard InChI is InChI=1S/C29H42BF3N6O5/c1-28(2)17-19-5-8-21(16-22(19)30(43)44-28)37-27(42)24(15-18-3-6-20(7-4-18)29(31,32)33)38-26(41)23(36)9-10-25(40)39(13-11-34)14-12-35/h3,5-6,8,16,23-24,43H,4,7,9-15,17,34-36H2,1-2H3,(H,37,42)(H,38,41)/t23-,24+/m0/s1. The van der Waals surface area contributed by atoms with Crippen molar-refractivity contribution in [1.29, 1.82) is 0 Å². The van der Waals surface area contributed by atoms with E-state index in [4.69, 9.17) is 21.9 Å². The molecule has 3 amide bonds. The highest BCUT2D eigenvalue weighted by Gasteiger charge is 2.37. The minimum atomic E-state index is -4.45. The SMILES string of the molecule is CC1(C)Cc2ccc(NC(=O)[C@@H](CC3=CC=C(C(F)(F)F)CC3)NC(=O)[C@@H](N)CCC(=O)N(CCN)CCN)cc2B(O)O1. The van der Waals surface area contributed by atoms with Gasteiger partial charge in [-0.3, -0.25) is 14.4 Å². The number of hydrogen-bond acceptors (Lipinski definition) is 8. The second-order valence-corrected chi connectivity index (χ2v) is 11.7. The predicted octanol–water partition coefficient (Wildman–Crippen LogP) is 0.601. The molecule has 242 valence electrons. The molecule has 3 rings (SSSR count). The molecule has 15 heteroatoms. The van der Waals surface area contributed by atoms with Gasteiger partial charge in [0.1, 0.15) is 6.04 Å². The van der Waals surface area contributed by atoms with Crippen molar-refractivity contribution in [3.05, 3.63) is 47.1 Å². The molecule has 0 fully saturated rings. The van der Waals surface area contributed by atoms with Gasteiger partial charge in [0.15, 0.2) is 0 Å². The van der Waals surface area contributed by atoms with Crippen LogP contribution < -0.4 is 33.3 Å². The lowest BCUT2D eigenvalue weighted by molar-refractivity contribution is -0.131. The Labute approximate surface area is 255 Å². The third-order valence-electron chi connectivity index (χ3n) is 7.58. The van der Waals surface area contributed by atoms with Gasteiger partial charge >= 0.3 is 13.3 Å². The number of fused-ring (bicyclic) bond motifs is 1. The summed E-state index contributed by atoms with van der Waals surface area (Å²) in [4.78, 5) is 40.5. The highest BCUT2D eigenvalue weighted by molar-refractivity contribution is 6.61. The van der Waals surface area contributed by atoms with Crippen LogP contribution in [0.4, 0.5) is 18.9 Å². The summed E-state index contributed by atoms with van der Waals surface area (Å²) in [6, 6.07) is 2.69. The summed E-state index contributed by atoms with van der Waals surface area (Å²) in [6.45, 7) is 4.82. The number of alkyl halides is 3. The smallest absolute Gasteiger partial charge is 0.423 e. The first-order chi connectivity index (χ1) is 20.6. The van der Waals surface area contributed by atoms with Gasteiger partial charge in [-0.15, -0.1) is 0 Å². The van der Waals surface area contributed by atoms with Gasteiger partial charge in [0.05, 0.1) is 11.6 Å². The maximum atomic E-state index is 13.5. The summed E-state index contributed by atoms with van der Waals surface area (Å²) in [5.74, 6) is -1.58. The lowest BCUT2D eigenvalue weighted by Crippen LogP contribution is -2.51. The number of nitrogens with one attached hydrogen (secondary N) is 2. The Balaban J connectivity index is 1.74. The van der Waals surface area contributed by atoms with Crippen molar-refractivity contribution < 1.29 is 37.2 Å². The fraction of sp³-hybridized carbons (Fsp3) is 0.552. The first kappa shape index (κ1) is 35.2. The van der Waals surface area contributed by atoms with Crippen LogP contribution in [0.25, 0.3) is 0 Å². The van der Waals surface area contributed by atoms with Crippen LogP contribution in [0.1, 0.15) is 51.5 Å². The summed E-state index contributed by atoms with van der Waals surface area (Å²) in [5.41, 5.74) is 18.2. The van der Waals surface area contributed by atoms with Crippen LogP contribution in [0.2, 0.25) is 0 Å². The van der Waals surface area contributed by atoms with E-state index in [2.05, 4.69) is 10.6 Å². The molecular formula is C29H42BF3N6O5. The minimum Gasteiger partial charge on any atom is -0.423 e. The van der Waals surface area contributed by atoms with Crippen molar-refractivity contribution in [3.63, 3.8) is 0 Å². The van der Waals surface area contributed by atoms with E-state index in [1.165, 1.54) is 11.0 Å². The molecule has 1 aliphatic carbocycles. The molecule has 1 aromatic carbocycles. The van der Waals surface area contributed by atoms with E-state index in [9.17, 15) is 32.6 Å². The second-order valence-electron chi connectivity index (χ2n) is 11.7. The molecule has 44 heavy (non-hydrogen) atoms. The third kappa shape index (κ3) is 9.89. The molecule has 0 aromatic heterocycles. The molecule has 0 radical (unpaired) electrons. The van der Waals surface area contributed by atoms with Crippen LogP contribution >= 0.6 is 0 Å². The molecule has 1 aliphatic heterocycles. The van der Waals surface area contributed by atoms with E-state index in [-0.39, 0.29) is 51.1 Å². The monoisotopic (exact) mass is 622 g/mol. The minimum absolute atomic E-state index is 0.00984. The number of carbonyl (C=O) groups is 3. The highest BCUT2D eigenvalue weighted by atomic mass is 19.4. The molecular weight excluding hydrogens is 580 g/mol. The van der Waals surface area contributed by atoms with Crippen LogP contribution in [0.5, 0.6) is 0 Å². The van der Waals surface area contributed by atoms with Crippen LogP contribution in [0.3, 0.4) is 0 Å². The first-order valence-corrected chi connectivity index (χ1v) is 14.6. The molecule has 0 saturated heterocycles. The Morgan fingerprint density at radius 3 is 2.39 bits per heavy atom. The van der Waals surface area contributed by atoms with Crippen LogP contribution in [-0.2, 0) is 25.5 Å². The predicted molar refractivity (Wildman–Crippen MR) is 161 cm³/mol. The number of rotatable bonds is 13. The average Bonchev–Trinajstić information content (AvgIpc) is 2.94. The highest BCUT2D eigenvalue weighted by Crippen LogP contribution is 2.34. The van der Waals surface area contributed by atoms with Gasteiger partial charge < -0.3 is 42.4 Å². The lowest BCUT2D eigenvalue weighted by Gasteiger charge is -2.34. The van der Waals surface area contributed by atoms with Gasteiger partial charge in [0.2, 0.25) is 17.7 Å². The molecule has 0 bridgehead atoms. The van der Waals surface area contributed by atoms with Gasteiger partial charge in [-0.05, 0) is 69.1 Å². The normalized spacial score (nSPS) is 17.5. The number of nitrogens with two attached hydrogens (primary N) is 3. The summed E-state index contributed by atoms with van der Waals surface area (Å²) in [6.07, 6.45) is -1.91. The molecule has 1 aromatic rings. The van der Waals surface area contributed by atoms with E-state index in [0.717, 1.165) is 11.6 Å². The number of nitrogens with zero attached hydrogens (tertiary/aromatic N) is 1. The molecule has 1 heterocycles. The Kier molecular flexibility index (Phi) is 12.2. The van der Waals surface area contributed by atoms with Crippen molar-refractivity contribution in [2.75, 3.05) is 31.5 Å². The third-order valence-corrected chi connectivity index (χ3v) is 7.58. The largest absolute Gasteiger partial charge is 0.491 e. The summed E-state index contributed by atoms with van der Waals surface area (Å²) < 4.78 is 45.0. The van der Waals surface area contributed by atoms with Crippen LogP contribution in [-0.4, -0.2) is 84.8 Å². The van der Waals surface area contributed by atoms with E-state index in [0.29, 0.717) is 36.2 Å². The quantitative estimate of drug-likeness (QED) is 0.173. The summed E-state index contributed by atoms with van der Waals surface area (Å²) >= 11 is 0. The number of allylic oxidation sites excluding steroid dienone is 3.